The van der Waals surface area contributed by atoms with Gasteiger partial charge < -0.3 is 10.2 Å². The number of hydrogen-bond donors (Lipinski definition) is 3. The van der Waals surface area contributed by atoms with Crippen molar-refractivity contribution in [1.29, 1.82) is 0 Å². The maximum atomic E-state index is 13.3. The van der Waals surface area contributed by atoms with Gasteiger partial charge in [0.1, 0.15) is 12.1 Å². The number of benzene rings is 1. The van der Waals surface area contributed by atoms with Gasteiger partial charge in [0.2, 0.25) is 0 Å². The van der Waals surface area contributed by atoms with Crippen LogP contribution >= 0.6 is 0 Å². The molecule has 2 aromatic rings. The van der Waals surface area contributed by atoms with E-state index in [4.69, 9.17) is 0 Å². The van der Waals surface area contributed by atoms with E-state index in [1.807, 2.05) is 13.8 Å². The molecule has 10 heteroatoms. The summed E-state index contributed by atoms with van der Waals surface area (Å²) in [6.07, 6.45) is 2.98. The molecule has 0 saturated carbocycles. The van der Waals surface area contributed by atoms with E-state index >= 15 is 0 Å². The fraction of sp³-hybridized carbons (Fsp3) is 0.421. The van der Waals surface area contributed by atoms with Crippen molar-refractivity contribution in [3.63, 3.8) is 0 Å². The van der Waals surface area contributed by atoms with E-state index in [-0.39, 0.29) is 25.4 Å². The van der Waals surface area contributed by atoms with Crippen molar-refractivity contribution in [2.45, 2.75) is 45.4 Å². The Hall–Kier alpha value is -3.01. The lowest BCUT2D eigenvalue weighted by Crippen LogP contribution is -2.50. The van der Waals surface area contributed by atoms with Gasteiger partial charge in [-0.15, -0.1) is 0 Å². The minimum Gasteiger partial charge on any atom is -0.480 e. The second-order valence-corrected chi connectivity index (χ2v) is 7.19. The van der Waals surface area contributed by atoms with Gasteiger partial charge in [-0.3, -0.25) is 24.0 Å². The van der Waals surface area contributed by atoms with E-state index in [2.05, 4.69) is 5.32 Å². The van der Waals surface area contributed by atoms with Crippen LogP contribution in [-0.4, -0.2) is 43.4 Å². The smallest absolute Gasteiger partial charge is 0.328 e. The molecule has 2 atom stereocenters. The van der Waals surface area contributed by atoms with Crippen LogP contribution in [0.3, 0.4) is 0 Å². The third-order valence-electron chi connectivity index (χ3n) is 4.34. The molecular formula is C19H23F2N3O5. The average Bonchev–Trinajstić information content (AvgIpc) is 2.96. The summed E-state index contributed by atoms with van der Waals surface area (Å²) in [4.78, 5) is 35.5. The number of hydrogen-bond acceptors (Lipinski definition) is 4. The highest BCUT2D eigenvalue weighted by atomic mass is 19.2. The van der Waals surface area contributed by atoms with E-state index in [1.54, 1.807) is 0 Å². The zero-order valence-electron chi connectivity index (χ0n) is 16.0. The van der Waals surface area contributed by atoms with Crippen LogP contribution in [0.2, 0.25) is 0 Å². The molecule has 3 N–H and O–H groups in total. The molecule has 8 nitrogen and oxygen atoms in total. The van der Waals surface area contributed by atoms with E-state index < -0.39 is 41.3 Å². The minimum absolute atomic E-state index is 0.0259. The van der Waals surface area contributed by atoms with E-state index in [9.17, 15) is 33.4 Å². The highest BCUT2D eigenvalue weighted by molar-refractivity contribution is 5.77. The van der Waals surface area contributed by atoms with Gasteiger partial charge >= 0.3 is 17.6 Å². The molecule has 0 amide bonds. The number of nitrogens with zero attached hydrogens (tertiary/aromatic N) is 2. The Balaban J connectivity index is 2.16. The molecule has 0 bridgehead atoms. The zero-order chi connectivity index (χ0) is 21.7. The lowest BCUT2D eigenvalue weighted by molar-refractivity contribution is -0.143. The predicted molar refractivity (Wildman–Crippen MR) is 99.6 cm³/mol. The zero-order valence-corrected chi connectivity index (χ0v) is 16.0. The van der Waals surface area contributed by atoms with E-state index in [0.29, 0.717) is 5.56 Å². The number of nitrogens with one attached hydrogen (secondary N) is 1. The molecule has 0 spiro atoms. The molecule has 0 fully saturated rings. The number of aliphatic carboxylic acids is 2. The van der Waals surface area contributed by atoms with E-state index in [0.717, 1.165) is 16.7 Å². The highest BCUT2D eigenvalue weighted by Gasteiger charge is 2.27. The van der Waals surface area contributed by atoms with Crippen LogP contribution in [0.25, 0.3) is 0 Å². The SMILES string of the molecule is CC(C)C[C@H](NC(Cn1ccn(Cc2ccc(F)c(F)c2)c1=O)C(=O)O)C(=O)O. The Morgan fingerprint density at radius 2 is 1.66 bits per heavy atom. The summed E-state index contributed by atoms with van der Waals surface area (Å²) in [6, 6.07) is 0.900. The first kappa shape index (κ1) is 22.3. The second-order valence-electron chi connectivity index (χ2n) is 7.19. The highest BCUT2D eigenvalue weighted by Crippen LogP contribution is 2.10. The van der Waals surface area contributed by atoms with Gasteiger partial charge in [0, 0.05) is 12.4 Å². The normalized spacial score (nSPS) is 13.4. The van der Waals surface area contributed by atoms with Crippen molar-refractivity contribution >= 4 is 11.9 Å². The van der Waals surface area contributed by atoms with Gasteiger partial charge in [-0.25, -0.2) is 13.6 Å². The van der Waals surface area contributed by atoms with Gasteiger partial charge in [-0.2, -0.15) is 0 Å². The number of halogens is 2. The van der Waals surface area contributed by atoms with Gasteiger partial charge in [0.25, 0.3) is 0 Å². The van der Waals surface area contributed by atoms with Crippen LogP contribution in [0.5, 0.6) is 0 Å². The number of carboxylic acids is 2. The van der Waals surface area contributed by atoms with Crippen LogP contribution in [0.15, 0.2) is 35.4 Å². The molecule has 1 heterocycles. The van der Waals surface area contributed by atoms with Crippen LogP contribution in [0.1, 0.15) is 25.8 Å². The summed E-state index contributed by atoms with van der Waals surface area (Å²) >= 11 is 0. The first-order valence-electron chi connectivity index (χ1n) is 8.99. The summed E-state index contributed by atoms with van der Waals surface area (Å²) in [6.45, 7) is 3.31. The first-order valence-corrected chi connectivity index (χ1v) is 8.99. The third-order valence-corrected chi connectivity index (χ3v) is 4.34. The number of aromatic nitrogens is 2. The fourth-order valence-electron chi connectivity index (χ4n) is 2.90. The molecule has 2 rings (SSSR count). The van der Waals surface area contributed by atoms with Crippen molar-refractivity contribution in [3.8, 4) is 0 Å². The monoisotopic (exact) mass is 411 g/mol. The summed E-state index contributed by atoms with van der Waals surface area (Å²) < 4.78 is 28.7. The summed E-state index contributed by atoms with van der Waals surface area (Å²) in [5.74, 6) is -4.47. The van der Waals surface area contributed by atoms with Crippen molar-refractivity contribution < 1.29 is 28.6 Å². The lowest BCUT2D eigenvalue weighted by atomic mass is 10.0. The number of imidazole rings is 1. The van der Waals surface area contributed by atoms with Crippen LogP contribution in [0, 0.1) is 17.6 Å². The van der Waals surface area contributed by atoms with Crippen molar-refractivity contribution in [2.75, 3.05) is 0 Å². The molecule has 0 saturated heterocycles. The standard InChI is InChI=1S/C19H23F2N3O5/c1-11(2)7-15(17(25)26)22-16(18(27)28)10-24-6-5-23(19(24)29)9-12-3-4-13(20)14(21)8-12/h3-6,8,11,15-16,22H,7,9-10H2,1-2H3,(H,25,26)(H,27,28)/t15-,16?/m0/s1. The van der Waals surface area contributed by atoms with E-state index in [1.165, 1.54) is 23.0 Å². The molecule has 1 aromatic heterocycles. The molecule has 158 valence electrons. The Bertz CT molecular complexity index is 938. The lowest BCUT2D eigenvalue weighted by Gasteiger charge is -2.21. The van der Waals surface area contributed by atoms with Crippen molar-refractivity contribution in [2.24, 2.45) is 5.92 Å². The molecule has 1 aromatic carbocycles. The molecule has 1 unspecified atom stereocenters. The molecular weight excluding hydrogens is 388 g/mol. The van der Waals surface area contributed by atoms with Crippen LogP contribution < -0.4 is 11.0 Å². The van der Waals surface area contributed by atoms with Crippen LogP contribution in [0.4, 0.5) is 8.78 Å². The fourth-order valence-corrected chi connectivity index (χ4v) is 2.90. The topological polar surface area (TPSA) is 114 Å². The maximum Gasteiger partial charge on any atom is 0.328 e. The summed E-state index contributed by atoms with van der Waals surface area (Å²) in [5.41, 5.74) is -0.196. The van der Waals surface area contributed by atoms with Gasteiger partial charge in [-0.05, 0) is 30.0 Å². The third kappa shape index (κ3) is 5.98. The maximum absolute atomic E-state index is 13.3. The molecule has 29 heavy (non-hydrogen) atoms. The quantitative estimate of drug-likeness (QED) is 0.546. The molecule has 0 aliphatic heterocycles. The van der Waals surface area contributed by atoms with Gasteiger partial charge in [0.15, 0.2) is 11.6 Å². The Labute approximate surface area is 165 Å². The summed E-state index contributed by atoms with van der Waals surface area (Å²) in [7, 11) is 0. The Kier molecular flexibility index (Phi) is 7.27. The van der Waals surface area contributed by atoms with Crippen LogP contribution in [-0.2, 0) is 22.7 Å². The Morgan fingerprint density at radius 3 is 2.21 bits per heavy atom. The van der Waals surface area contributed by atoms with Gasteiger partial charge in [-0.1, -0.05) is 19.9 Å². The van der Waals surface area contributed by atoms with Crippen molar-refractivity contribution in [3.05, 3.63) is 58.3 Å². The largest absolute Gasteiger partial charge is 0.480 e. The average molecular weight is 411 g/mol. The number of rotatable bonds is 10. The number of carbonyl (C=O) groups is 2. The summed E-state index contributed by atoms with van der Waals surface area (Å²) in [5, 5.41) is 21.3. The molecule has 0 aliphatic rings. The molecule has 0 aliphatic carbocycles. The van der Waals surface area contributed by atoms with Crippen molar-refractivity contribution in [1.82, 2.24) is 14.5 Å². The number of carboxylic acid groups (broad SMARTS) is 2. The van der Waals surface area contributed by atoms with Gasteiger partial charge in [0.05, 0.1) is 13.1 Å². The molecule has 0 radical (unpaired) electrons. The predicted octanol–water partition coefficient (Wildman–Crippen LogP) is 1.52. The first-order chi connectivity index (χ1) is 13.6. The second kappa shape index (κ2) is 9.46. The minimum atomic E-state index is -1.30. The Morgan fingerprint density at radius 1 is 1.03 bits per heavy atom.